The van der Waals surface area contributed by atoms with Crippen molar-refractivity contribution in [3.63, 3.8) is 0 Å². The summed E-state index contributed by atoms with van der Waals surface area (Å²) in [5, 5.41) is 3.40. The van der Waals surface area contributed by atoms with Gasteiger partial charge < -0.3 is 5.32 Å². The molecular formula is C14H22BrN3. The third-order valence-corrected chi connectivity index (χ3v) is 3.97. The molecule has 1 aromatic rings. The first-order chi connectivity index (χ1) is 8.76. The van der Waals surface area contributed by atoms with E-state index in [4.69, 9.17) is 4.98 Å². The summed E-state index contributed by atoms with van der Waals surface area (Å²) in [5.41, 5.74) is 1.22. The van der Waals surface area contributed by atoms with E-state index in [9.17, 15) is 0 Å². The lowest BCUT2D eigenvalue weighted by Crippen LogP contribution is -2.09. The highest BCUT2D eigenvalue weighted by Crippen LogP contribution is 2.43. The maximum atomic E-state index is 4.74. The number of nitrogens with zero attached hydrogens (tertiary/aromatic N) is 2. The Morgan fingerprint density at radius 3 is 2.61 bits per heavy atom. The Morgan fingerprint density at radius 2 is 2.00 bits per heavy atom. The van der Waals surface area contributed by atoms with Crippen LogP contribution in [0.5, 0.6) is 0 Å². The summed E-state index contributed by atoms with van der Waals surface area (Å²) in [4.78, 5) is 9.39. The molecule has 1 saturated carbocycles. The monoisotopic (exact) mass is 311 g/mol. The largest absolute Gasteiger partial charge is 0.369 e. The van der Waals surface area contributed by atoms with Gasteiger partial charge in [0.05, 0.1) is 10.2 Å². The molecule has 100 valence electrons. The molecule has 0 spiro atoms. The summed E-state index contributed by atoms with van der Waals surface area (Å²) in [7, 11) is 0. The number of halogens is 1. The smallest absolute Gasteiger partial charge is 0.144 e. The highest BCUT2D eigenvalue weighted by Gasteiger charge is 2.29. The summed E-state index contributed by atoms with van der Waals surface area (Å²) in [6.07, 6.45) is 7.00. The number of nitrogens with one attached hydrogen (secondary N) is 1. The number of unbranched alkanes of at least 4 members (excludes halogenated alkanes) is 1. The van der Waals surface area contributed by atoms with Crippen LogP contribution in [0.3, 0.4) is 0 Å². The van der Waals surface area contributed by atoms with Crippen LogP contribution in [0.2, 0.25) is 0 Å². The van der Waals surface area contributed by atoms with Crippen LogP contribution >= 0.6 is 15.9 Å². The quantitative estimate of drug-likeness (QED) is 0.816. The number of aryl methyl sites for hydroxylation is 1. The van der Waals surface area contributed by atoms with Crippen molar-refractivity contribution in [2.24, 2.45) is 0 Å². The number of rotatable bonds is 7. The van der Waals surface area contributed by atoms with Gasteiger partial charge in [0.25, 0.3) is 0 Å². The molecule has 1 heterocycles. The predicted octanol–water partition coefficient (Wildman–Crippen LogP) is 4.28. The van der Waals surface area contributed by atoms with Gasteiger partial charge in [-0.2, -0.15) is 0 Å². The lowest BCUT2D eigenvalue weighted by atomic mass is 10.2. The normalized spacial score (nSPS) is 14.8. The first-order valence-corrected chi connectivity index (χ1v) is 7.85. The highest BCUT2D eigenvalue weighted by atomic mass is 79.9. The van der Waals surface area contributed by atoms with Crippen molar-refractivity contribution in [3.8, 4) is 0 Å². The second kappa shape index (κ2) is 6.50. The van der Waals surface area contributed by atoms with Gasteiger partial charge in [-0.25, -0.2) is 9.97 Å². The first kappa shape index (κ1) is 13.8. The summed E-state index contributed by atoms with van der Waals surface area (Å²) in [6, 6.07) is 0. The fraction of sp³-hybridized carbons (Fsp3) is 0.714. The van der Waals surface area contributed by atoms with Gasteiger partial charge in [-0.15, -0.1) is 0 Å². The molecule has 0 saturated heterocycles. The third-order valence-electron chi connectivity index (χ3n) is 3.18. The van der Waals surface area contributed by atoms with Crippen LogP contribution in [-0.2, 0) is 6.42 Å². The molecule has 1 fully saturated rings. The Kier molecular flexibility index (Phi) is 4.98. The van der Waals surface area contributed by atoms with Crippen molar-refractivity contribution < 1.29 is 0 Å². The van der Waals surface area contributed by atoms with Gasteiger partial charge in [-0.1, -0.05) is 20.3 Å². The summed E-state index contributed by atoms with van der Waals surface area (Å²) >= 11 is 3.67. The van der Waals surface area contributed by atoms with Crippen molar-refractivity contribution in [2.75, 3.05) is 11.9 Å². The van der Waals surface area contributed by atoms with Gasteiger partial charge in [-0.3, -0.25) is 0 Å². The van der Waals surface area contributed by atoms with Gasteiger partial charge >= 0.3 is 0 Å². The number of hydrogen-bond donors (Lipinski definition) is 1. The molecule has 1 N–H and O–H groups in total. The second-order valence-electron chi connectivity index (χ2n) is 4.99. The van der Waals surface area contributed by atoms with Gasteiger partial charge in [0.15, 0.2) is 0 Å². The number of hydrogen-bond acceptors (Lipinski definition) is 3. The fourth-order valence-corrected chi connectivity index (χ4v) is 2.59. The average Bonchev–Trinajstić information content (AvgIpc) is 3.20. The van der Waals surface area contributed by atoms with E-state index in [1.54, 1.807) is 0 Å². The minimum absolute atomic E-state index is 0.657. The van der Waals surface area contributed by atoms with Crippen LogP contribution in [0.4, 0.5) is 5.82 Å². The maximum absolute atomic E-state index is 4.74. The van der Waals surface area contributed by atoms with Crippen molar-refractivity contribution in [2.45, 2.75) is 58.3 Å². The zero-order valence-corrected chi connectivity index (χ0v) is 12.9. The van der Waals surface area contributed by atoms with Crippen LogP contribution in [0.25, 0.3) is 0 Å². The molecular weight excluding hydrogens is 290 g/mol. The Bertz CT molecular complexity index is 402. The summed E-state index contributed by atoms with van der Waals surface area (Å²) in [5.74, 6) is 2.64. The standard InChI is InChI=1S/C14H22BrN3/c1-3-5-6-11-17-13(10-7-8-10)12(15)14(18-11)16-9-4-2/h10H,3-9H2,1-2H3,(H,16,17,18). The zero-order valence-electron chi connectivity index (χ0n) is 11.3. The molecule has 3 nitrogen and oxygen atoms in total. The van der Waals surface area contributed by atoms with Crippen LogP contribution in [-0.4, -0.2) is 16.5 Å². The molecule has 1 aliphatic carbocycles. The molecule has 0 aromatic carbocycles. The molecule has 4 heteroatoms. The molecule has 0 aliphatic heterocycles. The van der Waals surface area contributed by atoms with Crippen molar-refractivity contribution in [3.05, 3.63) is 16.0 Å². The van der Waals surface area contributed by atoms with E-state index in [1.165, 1.54) is 31.4 Å². The van der Waals surface area contributed by atoms with E-state index in [-0.39, 0.29) is 0 Å². The summed E-state index contributed by atoms with van der Waals surface area (Å²) in [6.45, 7) is 5.34. The Balaban J connectivity index is 2.22. The van der Waals surface area contributed by atoms with Gasteiger partial charge in [0.1, 0.15) is 11.6 Å². The lowest BCUT2D eigenvalue weighted by Gasteiger charge is -2.12. The highest BCUT2D eigenvalue weighted by molar-refractivity contribution is 9.10. The van der Waals surface area contributed by atoms with Crippen molar-refractivity contribution >= 4 is 21.7 Å². The van der Waals surface area contributed by atoms with Crippen LogP contribution in [0, 0.1) is 0 Å². The maximum Gasteiger partial charge on any atom is 0.144 e. The zero-order chi connectivity index (χ0) is 13.0. The van der Waals surface area contributed by atoms with Gasteiger partial charge in [0, 0.05) is 18.9 Å². The van der Waals surface area contributed by atoms with Crippen molar-refractivity contribution in [1.82, 2.24) is 9.97 Å². The average molecular weight is 312 g/mol. The molecule has 0 unspecified atom stereocenters. The van der Waals surface area contributed by atoms with Gasteiger partial charge in [0.2, 0.25) is 0 Å². The molecule has 1 aromatic heterocycles. The summed E-state index contributed by atoms with van der Waals surface area (Å²) < 4.78 is 1.08. The van der Waals surface area contributed by atoms with E-state index >= 15 is 0 Å². The SMILES string of the molecule is CCCCc1nc(NCCC)c(Br)c(C2CC2)n1. The van der Waals surface area contributed by atoms with E-state index in [2.05, 4.69) is 40.1 Å². The number of aromatic nitrogens is 2. The molecule has 0 atom stereocenters. The Hall–Kier alpha value is -0.640. The van der Waals surface area contributed by atoms with Crippen LogP contribution in [0.1, 0.15) is 63.4 Å². The molecule has 18 heavy (non-hydrogen) atoms. The predicted molar refractivity (Wildman–Crippen MR) is 79.1 cm³/mol. The molecule has 0 amide bonds. The Labute approximate surface area is 118 Å². The molecule has 0 bridgehead atoms. The van der Waals surface area contributed by atoms with Crippen molar-refractivity contribution in [1.29, 1.82) is 0 Å². The second-order valence-corrected chi connectivity index (χ2v) is 5.79. The first-order valence-electron chi connectivity index (χ1n) is 7.06. The molecule has 0 radical (unpaired) electrons. The van der Waals surface area contributed by atoms with E-state index in [1.807, 2.05) is 0 Å². The Morgan fingerprint density at radius 1 is 1.22 bits per heavy atom. The van der Waals surface area contributed by atoms with E-state index in [0.717, 1.165) is 35.5 Å². The topological polar surface area (TPSA) is 37.8 Å². The van der Waals surface area contributed by atoms with E-state index in [0.29, 0.717) is 5.92 Å². The lowest BCUT2D eigenvalue weighted by molar-refractivity contribution is 0.741. The molecule has 2 rings (SSSR count). The van der Waals surface area contributed by atoms with Gasteiger partial charge in [-0.05, 0) is 41.6 Å². The van der Waals surface area contributed by atoms with Crippen LogP contribution in [0.15, 0.2) is 4.47 Å². The third kappa shape index (κ3) is 3.44. The minimum atomic E-state index is 0.657. The van der Waals surface area contributed by atoms with E-state index < -0.39 is 0 Å². The van der Waals surface area contributed by atoms with Crippen LogP contribution < -0.4 is 5.32 Å². The molecule has 1 aliphatic rings. The minimum Gasteiger partial charge on any atom is -0.369 e. The number of anilines is 1. The fourth-order valence-electron chi connectivity index (χ4n) is 1.95.